The number of carbonyl (C=O) groups excluding carboxylic acids is 1. The minimum Gasteiger partial charge on any atom is -0.338 e. The van der Waals surface area contributed by atoms with Crippen molar-refractivity contribution in [2.75, 3.05) is 37.6 Å². The Balaban J connectivity index is 1.56. The summed E-state index contributed by atoms with van der Waals surface area (Å²) in [6.07, 6.45) is 2.13. The molecule has 4 rings (SSSR count). The quantitative estimate of drug-likeness (QED) is 0.763. The number of nitrogens with zero attached hydrogens (tertiary/aromatic N) is 5. The second-order valence-corrected chi connectivity index (χ2v) is 6.58. The lowest BCUT2D eigenvalue weighted by Gasteiger charge is -2.44. The van der Waals surface area contributed by atoms with Crippen LogP contribution in [-0.2, 0) is 4.79 Å². The van der Waals surface area contributed by atoms with Crippen LogP contribution < -0.4 is 4.90 Å². The Morgan fingerprint density at radius 2 is 2.08 bits per heavy atom. The zero-order valence-electron chi connectivity index (χ0n) is 13.4. The highest BCUT2D eigenvalue weighted by Gasteiger charge is 2.40. The minimum atomic E-state index is -0.318. The van der Waals surface area contributed by atoms with E-state index in [4.69, 9.17) is 21.4 Å². The smallest absolute Gasteiger partial charge is 0.248 e. The SMILES string of the molecule is N#CN1CCN2CCN(c3cc(-c4cccc(Cl)c4)no3)C(=O)[C@H]2C1. The van der Waals surface area contributed by atoms with Crippen molar-refractivity contribution < 1.29 is 9.32 Å². The van der Waals surface area contributed by atoms with Gasteiger partial charge in [-0.25, -0.2) is 0 Å². The van der Waals surface area contributed by atoms with E-state index >= 15 is 0 Å². The molecule has 2 aliphatic rings. The van der Waals surface area contributed by atoms with Gasteiger partial charge < -0.3 is 9.42 Å². The third-order valence-electron chi connectivity index (χ3n) is 4.68. The molecule has 3 heterocycles. The number of fused-ring (bicyclic) bond motifs is 1. The molecule has 8 heteroatoms. The fourth-order valence-electron chi connectivity index (χ4n) is 3.33. The number of piperazine rings is 2. The van der Waals surface area contributed by atoms with Gasteiger partial charge in [0.2, 0.25) is 11.8 Å². The molecule has 0 aliphatic carbocycles. The number of rotatable bonds is 2. The Bertz CT molecular complexity index is 846. The molecular formula is C17H16ClN5O2. The molecule has 2 saturated heterocycles. The highest BCUT2D eigenvalue weighted by molar-refractivity contribution is 6.30. The number of hydrogen-bond donors (Lipinski definition) is 0. The minimum absolute atomic E-state index is 0.0556. The predicted molar refractivity (Wildman–Crippen MR) is 91.8 cm³/mol. The van der Waals surface area contributed by atoms with Crippen molar-refractivity contribution >= 4 is 23.4 Å². The van der Waals surface area contributed by atoms with Crippen molar-refractivity contribution in [3.8, 4) is 17.5 Å². The summed E-state index contributed by atoms with van der Waals surface area (Å²) in [7, 11) is 0. The molecule has 25 heavy (non-hydrogen) atoms. The largest absolute Gasteiger partial charge is 0.338 e. The van der Waals surface area contributed by atoms with Crippen molar-refractivity contribution in [1.29, 1.82) is 5.26 Å². The Hall–Kier alpha value is -2.56. The third-order valence-corrected chi connectivity index (χ3v) is 4.91. The van der Waals surface area contributed by atoms with E-state index in [9.17, 15) is 4.79 Å². The zero-order chi connectivity index (χ0) is 17.4. The van der Waals surface area contributed by atoms with E-state index in [0.29, 0.717) is 36.2 Å². The molecule has 0 bridgehead atoms. The number of aromatic nitrogens is 1. The number of amides is 1. The van der Waals surface area contributed by atoms with Gasteiger partial charge >= 0.3 is 0 Å². The van der Waals surface area contributed by atoms with Crippen molar-refractivity contribution in [1.82, 2.24) is 15.0 Å². The molecule has 1 amide bonds. The molecule has 7 nitrogen and oxygen atoms in total. The first-order chi connectivity index (χ1) is 12.2. The van der Waals surface area contributed by atoms with E-state index in [1.54, 1.807) is 28.0 Å². The van der Waals surface area contributed by atoms with E-state index in [-0.39, 0.29) is 11.9 Å². The molecule has 0 spiro atoms. The maximum absolute atomic E-state index is 12.9. The molecule has 2 aliphatic heterocycles. The van der Waals surface area contributed by atoms with E-state index in [1.165, 1.54) is 0 Å². The van der Waals surface area contributed by atoms with Crippen LogP contribution in [0.3, 0.4) is 0 Å². The van der Waals surface area contributed by atoms with Crippen LogP contribution in [0, 0.1) is 11.5 Å². The standard InChI is InChI=1S/C17H16ClN5O2/c18-13-3-1-2-12(8-13)14-9-16(25-20-14)23-7-6-22-5-4-21(11-19)10-15(22)17(23)24/h1-3,8-9,15H,4-7,10H2/t15-/m1/s1. The molecule has 1 aromatic heterocycles. The Morgan fingerprint density at radius 1 is 1.24 bits per heavy atom. The summed E-state index contributed by atoms with van der Waals surface area (Å²) in [6, 6.07) is 8.76. The van der Waals surface area contributed by atoms with Gasteiger partial charge in [-0.05, 0) is 12.1 Å². The molecule has 0 saturated carbocycles. The second kappa shape index (κ2) is 6.39. The van der Waals surface area contributed by atoms with Gasteiger partial charge in [0.15, 0.2) is 6.19 Å². The van der Waals surface area contributed by atoms with Gasteiger partial charge in [0.05, 0.1) is 6.54 Å². The van der Waals surface area contributed by atoms with Gasteiger partial charge in [-0.1, -0.05) is 28.9 Å². The number of benzene rings is 1. The highest BCUT2D eigenvalue weighted by Crippen LogP contribution is 2.28. The lowest BCUT2D eigenvalue weighted by atomic mass is 10.1. The lowest BCUT2D eigenvalue weighted by Crippen LogP contribution is -2.64. The fourth-order valence-corrected chi connectivity index (χ4v) is 3.52. The van der Waals surface area contributed by atoms with Gasteiger partial charge in [-0.15, -0.1) is 0 Å². The van der Waals surface area contributed by atoms with Gasteiger partial charge in [0.25, 0.3) is 0 Å². The Labute approximate surface area is 149 Å². The normalized spacial score (nSPS) is 21.1. The third kappa shape index (κ3) is 2.95. The van der Waals surface area contributed by atoms with Gasteiger partial charge in [-0.3, -0.25) is 14.6 Å². The zero-order valence-corrected chi connectivity index (χ0v) is 14.2. The van der Waals surface area contributed by atoms with E-state index < -0.39 is 0 Å². The number of carbonyl (C=O) groups is 1. The molecule has 0 unspecified atom stereocenters. The molecule has 1 aromatic carbocycles. The number of halogens is 1. The van der Waals surface area contributed by atoms with Crippen molar-refractivity contribution in [2.24, 2.45) is 0 Å². The summed E-state index contributed by atoms with van der Waals surface area (Å²) in [5, 5.41) is 13.8. The number of hydrogen-bond acceptors (Lipinski definition) is 6. The summed E-state index contributed by atoms with van der Waals surface area (Å²) in [4.78, 5) is 18.2. The average Bonchev–Trinajstić information content (AvgIpc) is 3.12. The maximum Gasteiger partial charge on any atom is 0.248 e. The van der Waals surface area contributed by atoms with Crippen LogP contribution in [0.5, 0.6) is 0 Å². The van der Waals surface area contributed by atoms with E-state index in [0.717, 1.165) is 18.7 Å². The highest BCUT2D eigenvalue weighted by atomic mass is 35.5. The molecule has 2 aromatic rings. The van der Waals surface area contributed by atoms with Gasteiger partial charge in [0, 0.05) is 42.8 Å². The number of nitriles is 1. The summed E-state index contributed by atoms with van der Waals surface area (Å²) < 4.78 is 5.42. The summed E-state index contributed by atoms with van der Waals surface area (Å²) in [5.74, 6) is 0.369. The van der Waals surface area contributed by atoms with E-state index in [2.05, 4.69) is 16.2 Å². The first-order valence-electron chi connectivity index (χ1n) is 8.08. The maximum atomic E-state index is 12.9. The van der Waals surface area contributed by atoms with Crippen molar-refractivity contribution in [2.45, 2.75) is 6.04 Å². The molecule has 1 atom stereocenters. The van der Waals surface area contributed by atoms with Crippen LogP contribution in [0.1, 0.15) is 0 Å². The lowest BCUT2D eigenvalue weighted by molar-refractivity contribution is -0.128. The number of anilines is 1. The van der Waals surface area contributed by atoms with Crippen LogP contribution in [0.4, 0.5) is 5.88 Å². The molecule has 0 N–H and O–H groups in total. The monoisotopic (exact) mass is 357 g/mol. The summed E-state index contributed by atoms with van der Waals surface area (Å²) in [6.45, 7) is 3.11. The molecule has 2 fully saturated rings. The Kier molecular flexibility index (Phi) is 4.07. The first-order valence-corrected chi connectivity index (χ1v) is 8.46. The van der Waals surface area contributed by atoms with Gasteiger partial charge in [0.1, 0.15) is 11.7 Å². The first kappa shape index (κ1) is 15.9. The predicted octanol–water partition coefficient (Wildman–Crippen LogP) is 1.81. The Morgan fingerprint density at radius 3 is 2.88 bits per heavy atom. The molecular weight excluding hydrogens is 342 g/mol. The summed E-state index contributed by atoms with van der Waals surface area (Å²) >= 11 is 6.02. The van der Waals surface area contributed by atoms with Crippen LogP contribution in [0.2, 0.25) is 5.02 Å². The van der Waals surface area contributed by atoms with Crippen LogP contribution in [0.15, 0.2) is 34.9 Å². The van der Waals surface area contributed by atoms with Crippen LogP contribution in [0.25, 0.3) is 11.3 Å². The average molecular weight is 358 g/mol. The molecule has 128 valence electrons. The van der Waals surface area contributed by atoms with Crippen molar-refractivity contribution in [3.05, 3.63) is 35.4 Å². The molecule has 0 radical (unpaired) electrons. The van der Waals surface area contributed by atoms with Crippen molar-refractivity contribution in [3.63, 3.8) is 0 Å². The summed E-state index contributed by atoms with van der Waals surface area (Å²) in [5.41, 5.74) is 1.47. The second-order valence-electron chi connectivity index (χ2n) is 6.15. The van der Waals surface area contributed by atoms with Crippen LogP contribution in [-0.4, -0.2) is 59.6 Å². The van der Waals surface area contributed by atoms with Crippen LogP contribution >= 0.6 is 11.6 Å². The van der Waals surface area contributed by atoms with E-state index in [1.807, 2.05) is 12.1 Å². The van der Waals surface area contributed by atoms with Gasteiger partial charge in [-0.2, -0.15) is 5.26 Å². The topological polar surface area (TPSA) is 76.6 Å². The fraction of sp³-hybridized carbons (Fsp3) is 0.353.